The smallest absolute Gasteiger partial charge is 0.303 e. The Hall–Kier alpha value is -1.52. The van der Waals surface area contributed by atoms with Crippen LogP contribution in [0.1, 0.15) is 45.4 Å². The van der Waals surface area contributed by atoms with Gasteiger partial charge in [0.25, 0.3) is 0 Å². The SMILES string of the molecule is C=C(O)[C@H](CCC(=O)O)N1CC2(CCC(C)CC2)C1=O. The van der Waals surface area contributed by atoms with Crippen molar-refractivity contribution in [2.45, 2.75) is 51.5 Å². The minimum absolute atomic E-state index is 0.0648. The fourth-order valence-corrected chi connectivity index (χ4v) is 3.38. The zero-order chi connectivity index (χ0) is 14.9. The molecule has 0 aromatic heterocycles. The molecule has 5 nitrogen and oxygen atoms in total. The average molecular weight is 281 g/mol. The molecule has 112 valence electrons. The van der Waals surface area contributed by atoms with Gasteiger partial charge in [0.1, 0.15) is 5.76 Å². The van der Waals surface area contributed by atoms with Crippen molar-refractivity contribution in [1.29, 1.82) is 0 Å². The molecule has 2 fully saturated rings. The Morgan fingerprint density at radius 3 is 2.50 bits per heavy atom. The first-order valence-corrected chi connectivity index (χ1v) is 7.26. The number of carboxylic acids is 1. The average Bonchev–Trinajstić information content (AvgIpc) is 2.39. The molecule has 2 aliphatic rings. The van der Waals surface area contributed by atoms with Crippen LogP contribution >= 0.6 is 0 Å². The van der Waals surface area contributed by atoms with Crippen LogP contribution in [0.5, 0.6) is 0 Å². The number of hydrogen-bond acceptors (Lipinski definition) is 3. The summed E-state index contributed by atoms with van der Waals surface area (Å²) in [7, 11) is 0. The normalized spacial score (nSPS) is 30.9. The molecule has 1 saturated heterocycles. The first-order valence-electron chi connectivity index (χ1n) is 7.26. The molecule has 1 spiro atoms. The van der Waals surface area contributed by atoms with E-state index in [1.165, 1.54) is 0 Å². The number of aliphatic hydroxyl groups excluding tert-OH is 1. The van der Waals surface area contributed by atoms with Crippen LogP contribution in [-0.4, -0.2) is 39.6 Å². The van der Waals surface area contributed by atoms with Gasteiger partial charge in [-0.1, -0.05) is 13.5 Å². The molecule has 20 heavy (non-hydrogen) atoms. The van der Waals surface area contributed by atoms with Crippen molar-refractivity contribution >= 4 is 11.9 Å². The van der Waals surface area contributed by atoms with E-state index in [1.54, 1.807) is 4.90 Å². The maximum atomic E-state index is 12.5. The second kappa shape index (κ2) is 5.46. The molecule has 2 rings (SSSR count). The molecule has 5 heteroatoms. The highest BCUT2D eigenvalue weighted by Crippen LogP contribution is 2.48. The standard InChI is InChI=1S/C15H23NO4/c1-10-5-7-15(8-6-10)9-16(14(15)20)12(11(2)17)3-4-13(18)19/h10,12,17H,2-9H2,1H3,(H,18,19)/t10?,12-,15?/m0/s1. The van der Waals surface area contributed by atoms with Crippen molar-refractivity contribution < 1.29 is 19.8 Å². The van der Waals surface area contributed by atoms with Crippen molar-refractivity contribution in [3.63, 3.8) is 0 Å². The first kappa shape index (κ1) is 14.9. The fourth-order valence-electron chi connectivity index (χ4n) is 3.38. The summed E-state index contributed by atoms with van der Waals surface area (Å²) in [6, 6.07) is -0.552. The molecule has 1 saturated carbocycles. The second-order valence-corrected chi connectivity index (χ2v) is 6.34. The largest absolute Gasteiger partial charge is 0.511 e. The van der Waals surface area contributed by atoms with E-state index in [4.69, 9.17) is 5.11 Å². The topological polar surface area (TPSA) is 77.8 Å². The van der Waals surface area contributed by atoms with Gasteiger partial charge < -0.3 is 15.1 Å². The maximum absolute atomic E-state index is 12.5. The summed E-state index contributed by atoms with van der Waals surface area (Å²) in [6.45, 7) is 6.32. The molecular formula is C15H23NO4. The highest BCUT2D eigenvalue weighted by atomic mass is 16.4. The molecule has 0 aromatic carbocycles. The van der Waals surface area contributed by atoms with Crippen LogP contribution in [0.4, 0.5) is 0 Å². The van der Waals surface area contributed by atoms with E-state index in [9.17, 15) is 14.7 Å². The first-order chi connectivity index (χ1) is 9.35. The van der Waals surface area contributed by atoms with Crippen molar-refractivity contribution in [3.8, 4) is 0 Å². The Morgan fingerprint density at radius 2 is 2.05 bits per heavy atom. The van der Waals surface area contributed by atoms with E-state index in [0.717, 1.165) is 25.7 Å². The minimum Gasteiger partial charge on any atom is -0.511 e. The number of carbonyl (C=O) groups is 2. The number of rotatable bonds is 5. The zero-order valence-electron chi connectivity index (χ0n) is 12.0. The lowest BCUT2D eigenvalue weighted by Crippen LogP contribution is -2.65. The van der Waals surface area contributed by atoms with Crippen LogP contribution in [0.2, 0.25) is 0 Å². The Bertz CT molecular complexity index is 424. The van der Waals surface area contributed by atoms with Gasteiger partial charge in [0.05, 0.1) is 11.5 Å². The van der Waals surface area contributed by atoms with Gasteiger partial charge in [-0.2, -0.15) is 0 Å². The summed E-state index contributed by atoms with van der Waals surface area (Å²) in [5, 5.41) is 18.4. The van der Waals surface area contributed by atoms with Gasteiger partial charge in [-0.05, 0) is 38.0 Å². The number of aliphatic hydroxyl groups is 1. The maximum Gasteiger partial charge on any atom is 0.303 e. The zero-order valence-corrected chi connectivity index (χ0v) is 12.0. The van der Waals surface area contributed by atoms with Gasteiger partial charge in [0, 0.05) is 13.0 Å². The number of amides is 1. The molecule has 0 aromatic rings. The molecule has 0 unspecified atom stereocenters. The lowest BCUT2D eigenvalue weighted by Gasteiger charge is -2.54. The molecule has 1 heterocycles. The van der Waals surface area contributed by atoms with Crippen LogP contribution in [0.3, 0.4) is 0 Å². The van der Waals surface area contributed by atoms with E-state index in [2.05, 4.69) is 13.5 Å². The third kappa shape index (κ3) is 2.67. The number of nitrogens with zero attached hydrogens (tertiary/aromatic N) is 1. The fraction of sp³-hybridized carbons (Fsp3) is 0.733. The summed E-state index contributed by atoms with van der Waals surface area (Å²) in [5.74, 6) is -0.294. The highest BCUT2D eigenvalue weighted by Gasteiger charge is 2.54. The van der Waals surface area contributed by atoms with Crippen LogP contribution in [0.25, 0.3) is 0 Å². The molecule has 1 aliphatic carbocycles. The number of carboxylic acid groups (broad SMARTS) is 1. The summed E-state index contributed by atoms with van der Waals surface area (Å²) in [5.41, 5.74) is -0.247. The quantitative estimate of drug-likeness (QED) is 0.599. The van der Waals surface area contributed by atoms with E-state index >= 15 is 0 Å². The van der Waals surface area contributed by atoms with Gasteiger partial charge >= 0.3 is 5.97 Å². The van der Waals surface area contributed by atoms with Crippen molar-refractivity contribution in [2.24, 2.45) is 11.3 Å². The lowest BCUT2D eigenvalue weighted by atomic mass is 9.65. The summed E-state index contributed by atoms with van der Waals surface area (Å²) >= 11 is 0. The van der Waals surface area contributed by atoms with E-state index < -0.39 is 12.0 Å². The van der Waals surface area contributed by atoms with Crippen LogP contribution in [0.15, 0.2) is 12.3 Å². The summed E-state index contributed by atoms with van der Waals surface area (Å²) in [4.78, 5) is 24.7. The third-order valence-electron chi connectivity index (χ3n) is 4.81. The molecule has 0 radical (unpaired) electrons. The van der Waals surface area contributed by atoms with Gasteiger partial charge in [-0.25, -0.2) is 0 Å². The van der Waals surface area contributed by atoms with Gasteiger partial charge in [0.15, 0.2) is 0 Å². The predicted molar refractivity (Wildman–Crippen MR) is 74.2 cm³/mol. The highest BCUT2D eigenvalue weighted by molar-refractivity contribution is 5.89. The molecular weight excluding hydrogens is 258 g/mol. The molecule has 1 amide bonds. The minimum atomic E-state index is -0.926. The lowest BCUT2D eigenvalue weighted by molar-refractivity contribution is -0.169. The van der Waals surface area contributed by atoms with Crippen LogP contribution < -0.4 is 0 Å². The number of likely N-dealkylation sites (tertiary alicyclic amines) is 1. The number of aliphatic carboxylic acids is 1. The van der Waals surface area contributed by atoms with Crippen LogP contribution in [0, 0.1) is 11.3 Å². The van der Waals surface area contributed by atoms with Crippen molar-refractivity contribution in [3.05, 3.63) is 12.3 Å². The Kier molecular flexibility index (Phi) is 4.06. The third-order valence-corrected chi connectivity index (χ3v) is 4.81. The summed E-state index contributed by atoms with van der Waals surface area (Å²) in [6.07, 6.45) is 4.11. The van der Waals surface area contributed by atoms with Gasteiger partial charge in [-0.15, -0.1) is 0 Å². The second-order valence-electron chi connectivity index (χ2n) is 6.34. The Balaban J connectivity index is 1.98. The van der Waals surface area contributed by atoms with E-state index in [1.807, 2.05) is 0 Å². The summed E-state index contributed by atoms with van der Waals surface area (Å²) < 4.78 is 0. The van der Waals surface area contributed by atoms with Gasteiger partial charge in [0.2, 0.25) is 5.91 Å². The predicted octanol–water partition coefficient (Wildman–Crippen LogP) is 2.33. The molecule has 1 atom stereocenters. The number of hydrogen-bond donors (Lipinski definition) is 2. The molecule has 2 N–H and O–H groups in total. The Morgan fingerprint density at radius 1 is 1.45 bits per heavy atom. The van der Waals surface area contributed by atoms with E-state index in [-0.39, 0.29) is 29.9 Å². The monoisotopic (exact) mass is 281 g/mol. The number of carbonyl (C=O) groups excluding carboxylic acids is 1. The van der Waals surface area contributed by atoms with E-state index in [0.29, 0.717) is 12.5 Å². The Labute approximate surface area is 119 Å². The van der Waals surface area contributed by atoms with Crippen LogP contribution in [-0.2, 0) is 9.59 Å². The molecule has 1 aliphatic heterocycles. The van der Waals surface area contributed by atoms with Gasteiger partial charge in [-0.3, -0.25) is 9.59 Å². The molecule has 0 bridgehead atoms. The van der Waals surface area contributed by atoms with Crippen molar-refractivity contribution in [1.82, 2.24) is 4.90 Å². The van der Waals surface area contributed by atoms with Crippen molar-refractivity contribution in [2.75, 3.05) is 6.54 Å². The number of β-lactam (4-membered cyclic amide) rings is 1.